The van der Waals surface area contributed by atoms with Crippen molar-refractivity contribution < 1.29 is 34.7 Å². The number of carbonyl (C=O) groups is 1. The molecule has 1 fully saturated rings. The molecule has 1 N–H and O–H groups in total. The minimum Gasteiger partial charge on any atom is -0.650 e. The second kappa shape index (κ2) is 10.1. The van der Waals surface area contributed by atoms with E-state index in [1.807, 2.05) is 31.2 Å². The zero-order valence-electron chi connectivity index (χ0n) is 13.5. The summed E-state index contributed by atoms with van der Waals surface area (Å²) in [5.41, 5.74) is 2.46. The van der Waals surface area contributed by atoms with Crippen LogP contribution in [0.25, 0.3) is 16.6 Å². The van der Waals surface area contributed by atoms with Crippen molar-refractivity contribution in [1.29, 1.82) is 0 Å². The van der Waals surface area contributed by atoms with Crippen LogP contribution in [-0.4, -0.2) is 40.7 Å². The Kier molecular flexibility index (Phi) is 8.54. The maximum Gasteiger partial charge on any atom is 0.285 e. The van der Waals surface area contributed by atoms with E-state index in [4.69, 9.17) is 9.84 Å². The van der Waals surface area contributed by atoms with Crippen LogP contribution in [-0.2, 0) is 24.9 Å². The van der Waals surface area contributed by atoms with E-state index in [1.54, 1.807) is 13.3 Å². The Hall–Kier alpha value is -1.82. The molecule has 2 heterocycles. The fourth-order valence-electron chi connectivity index (χ4n) is 2.15. The number of hydrogen-bond donors (Lipinski definition) is 1. The molecule has 1 aromatic heterocycles. The van der Waals surface area contributed by atoms with Gasteiger partial charge in [-0.05, 0) is 13.0 Å². The minimum atomic E-state index is -0.775. The molecule has 0 bridgehead atoms. The molecule has 0 amide bonds. The molecule has 1 aliphatic heterocycles. The summed E-state index contributed by atoms with van der Waals surface area (Å²) in [6, 6.07) is 10.3. The molecule has 7 heteroatoms. The molecule has 3 rings (SSSR count). The predicted octanol–water partition coefficient (Wildman–Crippen LogP) is 2.87. The van der Waals surface area contributed by atoms with E-state index in [2.05, 4.69) is 21.4 Å². The smallest absolute Gasteiger partial charge is 0.285 e. The second-order valence-electron chi connectivity index (χ2n) is 5.05. The summed E-state index contributed by atoms with van der Waals surface area (Å²) in [5, 5.41) is 12.2. The van der Waals surface area contributed by atoms with E-state index < -0.39 is 12.0 Å². The van der Waals surface area contributed by atoms with E-state index in [0.717, 1.165) is 36.3 Å². The van der Waals surface area contributed by atoms with Crippen LogP contribution >= 0.6 is 0 Å². The molecule has 1 unspecified atom stereocenters. The van der Waals surface area contributed by atoms with Crippen LogP contribution in [0.5, 0.6) is 5.88 Å². The molecule has 131 valence electrons. The van der Waals surface area contributed by atoms with E-state index in [9.17, 15) is 4.79 Å². The van der Waals surface area contributed by atoms with Crippen LogP contribution in [0.1, 0.15) is 18.5 Å². The zero-order chi connectivity index (χ0) is 16.7. The monoisotopic (exact) mass is 506 g/mol. The first kappa shape index (κ1) is 20.2. The molecule has 6 nitrogen and oxygen atoms in total. The van der Waals surface area contributed by atoms with Crippen molar-refractivity contribution in [3.8, 4) is 17.1 Å². The maximum absolute atomic E-state index is 10.1. The number of ether oxygens (including phenoxy) is 1. The standard InChI is InChI=1S/C12H11N2O.C5H8NO2.Ir/c1-9-8-13-11(12(14-9)15-2)10-6-4-3-5-7-10;7-5(8)4-2-1-3-6-4;/h3-6,8H,1-2H3;4H,1-3H2,(H,7,8);/q2*-1;. The second-order valence-corrected chi connectivity index (χ2v) is 5.05. The Morgan fingerprint density at radius 3 is 2.75 bits per heavy atom. The molecular weight excluding hydrogens is 486 g/mol. The third-order valence-corrected chi connectivity index (χ3v) is 3.29. The summed E-state index contributed by atoms with van der Waals surface area (Å²) >= 11 is 0. The molecule has 0 saturated carbocycles. The quantitative estimate of drug-likeness (QED) is 0.649. The van der Waals surface area contributed by atoms with Gasteiger partial charge >= 0.3 is 0 Å². The Bertz CT molecular complexity index is 647. The van der Waals surface area contributed by atoms with E-state index in [-0.39, 0.29) is 20.1 Å². The van der Waals surface area contributed by atoms with Gasteiger partial charge in [-0.15, -0.1) is 42.4 Å². The van der Waals surface area contributed by atoms with Crippen LogP contribution in [0.15, 0.2) is 30.5 Å². The molecule has 1 atom stereocenters. The molecule has 1 radical (unpaired) electrons. The van der Waals surface area contributed by atoms with Crippen molar-refractivity contribution in [2.45, 2.75) is 25.8 Å². The van der Waals surface area contributed by atoms with Gasteiger partial charge in [-0.25, -0.2) is 4.98 Å². The van der Waals surface area contributed by atoms with E-state index in [0.29, 0.717) is 5.88 Å². The van der Waals surface area contributed by atoms with Crippen molar-refractivity contribution in [3.63, 3.8) is 0 Å². The molecule has 1 aromatic carbocycles. The summed E-state index contributed by atoms with van der Waals surface area (Å²) in [4.78, 5) is 18.7. The minimum absolute atomic E-state index is 0. The van der Waals surface area contributed by atoms with Crippen LogP contribution in [0.3, 0.4) is 0 Å². The van der Waals surface area contributed by atoms with Crippen molar-refractivity contribution >= 4 is 5.97 Å². The number of aromatic nitrogens is 2. The number of carboxylic acid groups (broad SMARTS) is 1. The SMILES string of the molecule is COc1nc(C)cnc1-c1[c-]cccc1.O=C(O)C1CCC[N-]1.[Ir]. The molecule has 0 spiro atoms. The molecular formula is C17H19IrN3O3-2. The first-order chi connectivity index (χ1) is 11.1. The van der Waals surface area contributed by atoms with Crippen molar-refractivity contribution in [2.24, 2.45) is 0 Å². The van der Waals surface area contributed by atoms with Gasteiger partial charge in [-0.2, -0.15) is 0 Å². The first-order valence-electron chi connectivity index (χ1n) is 7.36. The number of methoxy groups -OCH3 is 1. The largest absolute Gasteiger partial charge is 0.650 e. The fraction of sp³-hybridized carbons (Fsp3) is 0.353. The summed E-state index contributed by atoms with van der Waals surface area (Å²) in [7, 11) is 1.59. The van der Waals surface area contributed by atoms with Gasteiger partial charge in [0.25, 0.3) is 5.97 Å². The van der Waals surface area contributed by atoms with Crippen molar-refractivity contribution in [3.05, 3.63) is 47.5 Å². The average molecular weight is 506 g/mol. The molecule has 0 aliphatic carbocycles. The van der Waals surface area contributed by atoms with Gasteiger partial charge in [0.2, 0.25) is 0 Å². The Balaban J connectivity index is 0.000000273. The number of rotatable bonds is 3. The summed E-state index contributed by atoms with van der Waals surface area (Å²) in [6.07, 6.45) is 3.39. The van der Waals surface area contributed by atoms with Gasteiger partial charge < -0.3 is 15.2 Å². The topological polar surface area (TPSA) is 86.4 Å². The number of carboxylic acids is 1. The number of nitrogens with zero attached hydrogens (tertiary/aromatic N) is 3. The Morgan fingerprint density at radius 1 is 1.46 bits per heavy atom. The Labute approximate surface area is 155 Å². The van der Waals surface area contributed by atoms with Crippen LogP contribution in [0.2, 0.25) is 0 Å². The number of benzene rings is 1. The van der Waals surface area contributed by atoms with Crippen LogP contribution in [0.4, 0.5) is 0 Å². The summed E-state index contributed by atoms with van der Waals surface area (Å²) < 4.78 is 5.19. The van der Waals surface area contributed by atoms with Gasteiger partial charge in [-0.3, -0.25) is 9.78 Å². The van der Waals surface area contributed by atoms with E-state index >= 15 is 0 Å². The number of aliphatic carboxylic acids is 1. The number of aryl methyl sites for hydroxylation is 1. The van der Waals surface area contributed by atoms with Crippen molar-refractivity contribution in [1.82, 2.24) is 9.97 Å². The number of hydrogen-bond acceptors (Lipinski definition) is 4. The summed E-state index contributed by atoms with van der Waals surface area (Å²) in [6.45, 7) is 2.62. The molecule has 1 saturated heterocycles. The first-order valence-corrected chi connectivity index (χ1v) is 7.36. The van der Waals surface area contributed by atoms with Gasteiger partial charge in [-0.1, -0.05) is 12.8 Å². The third-order valence-electron chi connectivity index (χ3n) is 3.29. The van der Waals surface area contributed by atoms with Gasteiger partial charge in [0, 0.05) is 32.0 Å². The van der Waals surface area contributed by atoms with E-state index in [1.165, 1.54) is 0 Å². The maximum atomic E-state index is 10.1. The molecule has 24 heavy (non-hydrogen) atoms. The van der Waals surface area contributed by atoms with Gasteiger partial charge in [0.15, 0.2) is 5.88 Å². The van der Waals surface area contributed by atoms with Crippen LogP contribution < -0.4 is 4.74 Å². The zero-order valence-corrected chi connectivity index (χ0v) is 15.9. The fourth-order valence-corrected chi connectivity index (χ4v) is 2.15. The predicted molar refractivity (Wildman–Crippen MR) is 86.5 cm³/mol. The third kappa shape index (κ3) is 5.67. The van der Waals surface area contributed by atoms with Gasteiger partial charge in [0.05, 0.1) is 12.8 Å². The van der Waals surface area contributed by atoms with Crippen LogP contribution in [0, 0.1) is 13.0 Å². The average Bonchev–Trinajstić information content (AvgIpc) is 3.11. The Morgan fingerprint density at radius 2 is 2.25 bits per heavy atom. The summed E-state index contributed by atoms with van der Waals surface area (Å²) in [5.74, 6) is -0.236. The van der Waals surface area contributed by atoms with Gasteiger partial charge in [0.1, 0.15) is 0 Å². The molecule has 1 aliphatic rings. The van der Waals surface area contributed by atoms with Crippen molar-refractivity contribution in [2.75, 3.05) is 13.7 Å². The normalized spacial score (nSPS) is 15.7. The molecule has 2 aromatic rings.